The predicted octanol–water partition coefficient (Wildman–Crippen LogP) is 2.07. The minimum atomic E-state index is -0.907. The summed E-state index contributed by atoms with van der Waals surface area (Å²) in [5.41, 5.74) is -0.164. The van der Waals surface area contributed by atoms with Gasteiger partial charge >= 0.3 is 5.97 Å². The standard InChI is InChI=1S/C11H16O4/c12-9-7-10-3-1-5-13-11(10,15-8-9)14-6-2-4-10/h8,12H,1-7H2. The van der Waals surface area contributed by atoms with Crippen LogP contribution in [-0.2, 0) is 14.2 Å². The molecule has 0 aromatic carbocycles. The summed E-state index contributed by atoms with van der Waals surface area (Å²) in [7, 11) is 0. The molecule has 0 aliphatic carbocycles. The van der Waals surface area contributed by atoms with E-state index in [1.54, 1.807) is 0 Å². The van der Waals surface area contributed by atoms with Crippen LogP contribution in [0, 0.1) is 5.41 Å². The number of rotatable bonds is 0. The van der Waals surface area contributed by atoms with Crippen molar-refractivity contribution in [1.29, 1.82) is 0 Å². The lowest BCUT2D eigenvalue weighted by Crippen LogP contribution is -2.60. The largest absolute Gasteiger partial charge is 0.509 e. The first-order valence-electron chi connectivity index (χ1n) is 5.60. The van der Waals surface area contributed by atoms with E-state index in [0.29, 0.717) is 25.4 Å². The molecule has 2 saturated heterocycles. The maximum absolute atomic E-state index is 9.60. The molecular weight excluding hydrogens is 196 g/mol. The Kier molecular flexibility index (Phi) is 1.97. The van der Waals surface area contributed by atoms with Gasteiger partial charge in [0, 0.05) is 6.42 Å². The Balaban J connectivity index is 2.00. The molecule has 4 nitrogen and oxygen atoms in total. The highest BCUT2D eigenvalue weighted by atomic mass is 16.9. The van der Waals surface area contributed by atoms with E-state index in [9.17, 15) is 5.11 Å². The van der Waals surface area contributed by atoms with Crippen LogP contribution < -0.4 is 0 Å². The Morgan fingerprint density at radius 3 is 2.47 bits per heavy atom. The van der Waals surface area contributed by atoms with E-state index in [-0.39, 0.29) is 5.41 Å². The lowest BCUT2D eigenvalue weighted by atomic mass is 9.70. The number of aliphatic hydroxyl groups is 1. The second-order valence-electron chi connectivity index (χ2n) is 4.64. The van der Waals surface area contributed by atoms with Crippen LogP contribution in [0.1, 0.15) is 32.1 Å². The van der Waals surface area contributed by atoms with E-state index in [1.165, 1.54) is 6.26 Å². The van der Waals surface area contributed by atoms with Crippen molar-refractivity contribution < 1.29 is 19.3 Å². The molecule has 0 saturated carbocycles. The molecule has 84 valence electrons. The highest BCUT2D eigenvalue weighted by molar-refractivity contribution is 5.06. The summed E-state index contributed by atoms with van der Waals surface area (Å²) in [6.07, 6.45) is 6.03. The van der Waals surface area contributed by atoms with Gasteiger partial charge in [-0.25, -0.2) is 0 Å². The van der Waals surface area contributed by atoms with Crippen molar-refractivity contribution in [2.24, 2.45) is 5.41 Å². The van der Waals surface area contributed by atoms with Crippen molar-refractivity contribution in [3.05, 3.63) is 12.0 Å². The topological polar surface area (TPSA) is 47.9 Å². The molecule has 0 radical (unpaired) electrons. The highest BCUT2D eigenvalue weighted by Gasteiger charge is 2.61. The number of hydrogen-bond donors (Lipinski definition) is 1. The average molecular weight is 212 g/mol. The van der Waals surface area contributed by atoms with Gasteiger partial charge in [-0.2, -0.15) is 0 Å². The average Bonchev–Trinajstić information content (AvgIpc) is 2.27. The van der Waals surface area contributed by atoms with Crippen LogP contribution in [0.2, 0.25) is 0 Å². The fourth-order valence-electron chi connectivity index (χ4n) is 3.03. The normalized spacial score (nSPS) is 44.7. The van der Waals surface area contributed by atoms with Crippen LogP contribution in [0.5, 0.6) is 0 Å². The summed E-state index contributed by atoms with van der Waals surface area (Å²) >= 11 is 0. The number of allylic oxidation sites excluding steroid dienone is 1. The van der Waals surface area contributed by atoms with E-state index < -0.39 is 5.97 Å². The first-order valence-corrected chi connectivity index (χ1v) is 5.60. The summed E-state index contributed by atoms with van der Waals surface area (Å²) < 4.78 is 16.9. The molecular formula is C11H16O4. The maximum atomic E-state index is 9.60. The highest BCUT2D eigenvalue weighted by Crippen LogP contribution is 2.55. The van der Waals surface area contributed by atoms with Crippen molar-refractivity contribution in [3.8, 4) is 0 Å². The molecule has 15 heavy (non-hydrogen) atoms. The Morgan fingerprint density at radius 2 is 1.80 bits per heavy atom. The molecule has 0 aromatic rings. The van der Waals surface area contributed by atoms with Crippen LogP contribution in [0.15, 0.2) is 12.0 Å². The number of ether oxygens (including phenoxy) is 3. The van der Waals surface area contributed by atoms with Gasteiger partial charge in [0.15, 0.2) is 0 Å². The third kappa shape index (κ3) is 1.21. The molecule has 0 aromatic heterocycles. The fourth-order valence-corrected chi connectivity index (χ4v) is 3.03. The van der Waals surface area contributed by atoms with Gasteiger partial charge < -0.3 is 19.3 Å². The van der Waals surface area contributed by atoms with Gasteiger partial charge in [0.2, 0.25) is 0 Å². The van der Waals surface area contributed by atoms with Gasteiger partial charge in [0.05, 0.1) is 18.6 Å². The van der Waals surface area contributed by atoms with Crippen molar-refractivity contribution >= 4 is 0 Å². The van der Waals surface area contributed by atoms with Gasteiger partial charge in [-0.3, -0.25) is 0 Å². The summed E-state index contributed by atoms with van der Waals surface area (Å²) in [6.45, 7) is 1.35. The molecule has 0 atom stereocenters. The van der Waals surface area contributed by atoms with E-state index in [2.05, 4.69) is 0 Å². The molecule has 4 heteroatoms. The Hall–Kier alpha value is -0.740. The smallest absolute Gasteiger partial charge is 0.332 e. The van der Waals surface area contributed by atoms with Gasteiger partial charge in [0.25, 0.3) is 0 Å². The fraction of sp³-hybridized carbons (Fsp3) is 0.818. The van der Waals surface area contributed by atoms with Gasteiger partial charge in [0.1, 0.15) is 12.0 Å². The summed E-state index contributed by atoms with van der Waals surface area (Å²) in [5, 5.41) is 9.60. The first-order chi connectivity index (χ1) is 7.27. The third-order valence-corrected chi connectivity index (χ3v) is 3.70. The molecule has 3 rings (SSSR count). The van der Waals surface area contributed by atoms with Crippen molar-refractivity contribution in [3.63, 3.8) is 0 Å². The molecule has 0 bridgehead atoms. The SMILES string of the molecule is OC1=COC23OCCCC2(CCCO3)C1. The van der Waals surface area contributed by atoms with Crippen LogP contribution >= 0.6 is 0 Å². The zero-order valence-electron chi connectivity index (χ0n) is 8.70. The molecule has 3 aliphatic heterocycles. The monoisotopic (exact) mass is 212 g/mol. The van der Waals surface area contributed by atoms with E-state index in [4.69, 9.17) is 14.2 Å². The molecule has 3 heterocycles. The second kappa shape index (κ2) is 3.12. The lowest BCUT2D eigenvalue weighted by Gasteiger charge is -2.54. The van der Waals surface area contributed by atoms with Gasteiger partial charge in [-0.1, -0.05) is 0 Å². The van der Waals surface area contributed by atoms with Gasteiger partial charge in [-0.15, -0.1) is 0 Å². The third-order valence-electron chi connectivity index (χ3n) is 3.70. The summed E-state index contributed by atoms with van der Waals surface area (Å²) in [4.78, 5) is 0. The second-order valence-corrected chi connectivity index (χ2v) is 4.64. The maximum Gasteiger partial charge on any atom is 0.332 e. The predicted molar refractivity (Wildman–Crippen MR) is 51.9 cm³/mol. The minimum Gasteiger partial charge on any atom is -0.509 e. The molecule has 0 unspecified atom stereocenters. The Labute approximate surface area is 88.8 Å². The summed E-state index contributed by atoms with van der Waals surface area (Å²) in [5.74, 6) is -0.600. The Morgan fingerprint density at radius 1 is 1.13 bits per heavy atom. The van der Waals surface area contributed by atoms with Crippen LogP contribution in [0.3, 0.4) is 0 Å². The summed E-state index contributed by atoms with van der Waals surface area (Å²) in [6, 6.07) is 0. The number of aliphatic hydroxyl groups excluding tert-OH is 1. The zero-order chi connectivity index (χ0) is 10.4. The molecule has 0 amide bonds. The van der Waals surface area contributed by atoms with E-state index >= 15 is 0 Å². The van der Waals surface area contributed by atoms with E-state index in [0.717, 1.165) is 25.7 Å². The Bertz CT molecular complexity index is 285. The lowest BCUT2D eigenvalue weighted by molar-refractivity contribution is -0.448. The van der Waals surface area contributed by atoms with E-state index in [1.807, 2.05) is 0 Å². The zero-order valence-corrected chi connectivity index (χ0v) is 8.70. The van der Waals surface area contributed by atoms with Crippen LogP contribution in [0.4, 0.5) is 0 Å². The quantitative estimate of drug-likeness (QED) is 0.667. The van der Waals surface area contributed by atoms with Crippen LogP contribution in [0.25, 0.3) is 0 Å². The molecule has 0 spiro atoms. The van der Waals surface area contributed by atoms with Crippen LogP contribution in [-0.4, -0.2) is 24.3 Å². The van der Waals surface area contributed by atoms with Crippen molar-refractivity contribution in [2.45, 2.75) is 38.1 Å². The molecule has 2 fully saturated rings. The van der Waals surface area contributed by atoms with Crippen molar-refractivity contribution in [2.75, 3.05) is 13.2 Å². The first kappa shape index (κ1) is 9.48. The molecule has 3 aliphatic rings. The molecule has 1 N–H and O–H groups in total. The van der Waals surface area contributed by atoms with Gasteiger partial charge in [-0.05, 0) is 25.7 Å². The van der Waals surface area contributed by atoms with Crippen molar-refractivity contribution in [1.82, 2.24) is 0 Å². The number of hydrogen-bond acceptors (Lipinski definition) is 4. The minimum absolute atomic E-state index is 0.164.